The molecule has 1 N–H and O–H groups in total. The number of nitrogens with one attached hydrogen (secondary N) is 1. The highest BCUT2D eigenvalue weighted by Gasteiger charge is 2.18. The van der Waals surface area contributed by atoms with Gasteiger partial charge in [0.05, 0.1) is 25.5 Å². The van der Waals surface area contributed by atoms with E-state index in [9.17, 15) is 4.79 Å². The lowest BCUT2D eigenvalue weighted by molar-refractivity contribution is 0.121. The van der Waals surface area contributed by atoms with E-state index in [0.717, 1.165) is 5.69 Å². The molecule has 2 aromatic rings. The first-order chi connectivity index (χ1) is 9.29. The molecule has 0 aliphatic carbocycles. The highest BCUT2D eigenvalue weighted by Crippen LogP contribution is 2.15. The van der Waals surface area contributed by atoms with E-state index >= 15 is 0 Å². The summed E-state index contributed by atoms with van der Waals surface area (Å²) in [5, 5.41) is 6.43. The number of rotatable bonds is 3. The third kappa shape index (κ3) is 2.20. The summed E-state index contributed by atoms with van der Waals surface area (Å²) < 4.78 is 11.9. The summed E-state index contributed by atoms with van der Waals surface area (Å²) in [6, 6.07) is 1.74. The number of hydrogen-bond donors (Lipinski definition) is 1. The smallest absolute Gasteiger partial charge is 0.350 e. The fourth-order valence-electron chi connectivity index (χ4n) is 2.16. The quantitative estimate of drug-likeness (QED) is 0.797. The van der Waals surface area contributed by atoms with Crippen molar-refractivity contribution in [1.82, 2.24) is 19.6 Å². The Morgan fingerprint density at radius 1 is 1.47 bits per heavy atom. The van der Waals surface area contributed by atoms with E-state index in [1.165, 1.54) is 4.40 Å². The molecule has 0 radical (unpaired) electrons. The van der Waals surface area contributed by atoms with Gasteiger partial charge in [0.15, 0.2) is 5.65 Å². The van der Waals surface area contributed by atoms with E-state index < -0.39 is 0 Å². The molecule has 0 spiro atoms. The van der Waals surface area contributed by atoms with Crippen LogP contribution in [0.4, 0.5) is 5.95 Å². The van der Waals surface area contributed by atoms with Gasteiger partial charge >= 0.3 is 5.69 Å². The topological polar surface area (TPSA) is 84.8 Å². The Kier molecular flexibility index (Phi) is 3.18. The van der Waals surface area contributed by atoms with Crippen LogP contribution in [0.2, 0.25) is 0 Å². The second kappa shape index (κ2) is 4.98. The summed E-state index contributed by atoms with van der Waals surface area (Å²) >= 11 is 0. The maximum Gasteiger partial charge on any atom is 0.350 e. The van der Waals surface area contributed by atoms with Crippen LogP contribution in [0.3, 0.4) is 0 Å². The number of methoxy groups -OCH3 is 1. The Labute approximate surface area is 109 Å². The van der Waals surface area contributed by atoms with E-state index in [0.29, 0.717) is 44.5 Å². The fourth-order valence-corrected chi connectivity index (χ4v) is 2.16. The van der Waals surface area contributed by atoms with Crippen molar-refractivity contribution >= 4 is 11.6 Å². The summed E-state index contributed by atoms with van der Waals surface area (Å²) in [4.78, 5) is 18.3. The van der Waals surface area contributed by atoms with Crippen LogP contribution in [-0.4, -0.2) is 53.0 Å². The van der Waals surface area contributed by atoms with Gasteiger partial charge in [0.25, 0.3) is 0 Å². The number of aromatic amines is 1. The zero-order chi connectivity index (χ0) is 13.2. The number of anilines is 1. The summed E-state index contributed by atoms with van der Waals surface area (Å²) in [5.41, 5.74) is 1.01. The molecular weight excluding hydrogens is 250 g/mol. The van der Waals surface area contributed by atoms with Crippen molar-refractivity contribution in [2.75, 3.05) is 38.3 Å². The molecule has 8 heteroatoms. The minimum absolute atomic E-state index is 0.284. The third-order valence-electron chi connectivity index (χ3n) is 3.02. The highest BCUT2D eigenvalue weighted by atomic mass is 16.5. The molecule has 3 heterocycles. The summed E-state index contributed by atoms with van der Waals surface area (Å²) in [5.74, 6) is 0.589. The average Bonchev–Trinajstić information content (AvgIpc) is 2.81. The van der Waals surface area contributed by atoms with Gasteiger partial charge in [0.2, 0.25) is 5.95 Å². The lowest BCUT2D eigenvalue weighted by atomic mass is 10.4. The zero-order valence-corrected chi connectivity index (χ0v) is 10.6. The van der Waals surface area contributed by atoms with Crippen LogP contribution in [0.15, 0.2) is 10.9 Å². The van der Waals surface area contributed by atoms with Crippen molar-refractivity contribution in [2.24, 2.45) is 0 Å². The maximum atomic E-state index is 11.8. The lowest BCUT2D eigenvalue weighted by Gasteiger charge is -2.28. The molecule has 1 aliphatic heterocycles. The SMILES string of the molecule is COCc1cc2n[nH]c(=O)n2c(N2CCOCC2)n1. The van der Waals surface area contributed by atoms with Crippen LogP contribution < -0.4 is 10.6 Å². The van der Waals surface area contributed by atoms with Gasteiger partial charge in [-0.15, -0.1) is 0 Å². The molecule has 1 aliphatic rings. The van der Waals surface area contributed by atoms with Crippen LogP contribution >= 0.6 is 0 Å². The van der Waals surface area contributed by atoms with Crippen molar-refractivity contribution in [2.45, 2.75) is 6.61 Å². The molecule has 102 valence electrons. The molecule has 3 rings (SSSR count). The second-order valence-electron chi connectivity index (χ2n) is 4.30. The molecule has 0 atom stereocenters. The first kappa shape index (κ1) is 12.1. The first-order valence-corrected chi connectivity index (χ1v) is 6.08. The normalized spacial score (nSPS) is 16.2. The highest BCUT2D eigenvalue weighted by molar-refractivity contribution is 5.47. The van der Waals surface area contributed by atoms with Gasteiger partial charge in [-0.2, -0.15) is 5.10 Å². The molecule has 1 saturated heterocycles. The number of aromatic nitrogens is 4. The summed E-state index contributed by atoms with van der Waals surface area (Å²) in [7, 11) is 1.61. The van der Waals surface area contributed by atoms with Gasteiger partial charge in [-0.1, -0.05) is 0 Å². The molecule has 0 aromatic carbocycles. The van der Waals surface area contributed by atoms with Gasteiger partial charge in [-0.05, 0) is 0 Å². The third-order valence-corrected chi connectivity index (χ3v) is 3.02. The molecule has 0 amide bonds. The average molecular weight is 265 g/mol. The van der Waals surface area contributed by atoms with E-state index in [4.69, 9.17) is 9.47 Å². The van der Waals surface area contributed by atoms with Crippen molar-refractivity contribution in [3.8, 4) is 0 Å². The number of H-pyrrole nitrogens is 1. The Morgan fingerprint density at radius 3 is 3.00 bits per heavy atom. The molecule has 0 bridgehead atoms. The first-order valence-electron chi connectivity index (χ1n) is 6.08. The fraction of sp³-hybridized carbons (Fsp3) is 0.545. The Bertz CT molecular complexity index is 629. The minimum Gasteiger partial charge on any atom is -0.378 e. The van der Waals surface area contributed by atoms with E-state index in [1.54, 1.807) is 13.2 Å². The van der Waals surface area contributed by atoms with Crippen molar-refractivity contribution in [1.29, 1.82) is 0 Å². The lowest BCUT2D eigenvalue weighted by Crippen LogP contribution is -2.39. The Morgan fingerprint density at radius 2 is 2.26 bits per heavy atom. The van der Waals surface area contributed by atoms with Gasteiger partial charge in [0.1, 0.15) is 0 Å². The predicted octanol–water partition coefficient (Wildman–Crippen LogP) is -0.599. The van der Waals surface area contributed by atoms with Gasteiger partial charge < -0.3 is 14.4 Å². The van der Waals surface area contributed by atoms with Crippen molar-refractivity contribution < 1.29 is 9.47 Å². The van der Waals surface area contributed by atoms with Crippen LogP contribution in [-0.2, 0) is 16.1 Å². The maximum absolute atomic E-state index is 11.8. The van der Waals surface area contributed by atoms with Crippen molar-refractivity contribution in [3.63, 3.8) is 0 Å². The van der Waals surface area contributed by atoms with E-state index in [2.05, 4.69) is 15.2 Å². The number of hydrogen-bond acceptors (Lipinski definition) is 6. The van der Waals surface area contributed by atoms with Gasteiger partial charge in [0, 0.05) is 26.3 Å². The molecule has 2 aromatic heterocycles. The number of fused-ring (bicyclic) bond motifs is 1. The molecule has 1 fully saturated rings. The molecule has 0 unspecified atom stereocenters. The number of morpholine rings is 1. The molecule has 19 heavy (non-hydrogen) atoms. The monoisotopic (exact) mass is 265 g/mol. The predicted molar refractivity (Wildman–Crippen MR) is 67.4 cm³/mol. The number of ether oxygens (including phenoxy) is 2. The van der Waals surface area contributed by atoms with Gasteiger partial charge in [-0.25, -0.2) is 19.3 Å². The molecule has 8 nitrogen and oxygen atoms in total. The largest absolute Gasteiger partial charge is 0.378 e. The number of nitrogens with zero attached hydrogens (tertiary/aromatic N) is 4. The van der Waals surface area contributed by atoms with E-state index in [1.807, 2.05) is 4.90 Å². The second-order valence-corrected chi connectivity index (χ2v) is 4.30. The summed E-state index contributed by atoms with van der Waals surface area (Å²) in [6.45, 7) is 3.05. The standard InChI is InChI=1S/C11H15N5O3/c1-18-7-8-6-9-13-14-11(17)16(9)10(12-8)15-2-4-19-5-3-15/h6H,2-5,7H2,1H3,(H,14,17). The molecular formula is C11H15N5O3. The zero-order valence-electron chi connectivity index (χ0n) is 10.6. The van der Waals surface area contributed by atoms with Crippen molar-refractivity contribution in [3.05, 3.63) is 22.2 Å². The van der Waals surface area contributed by atoms with Crippen LogP contribution in [0.5, 0.6) is 0 Å². The summed E-state index contributed by atoms with van der Waals surface area (Å²) in [6.07, 6.45) is 0. The van der Waals surface area contributed by atoms with E-state index in [-0.39, 0.29) is 5.69 Å². The van der Waals surface area contributed by atoms with Crippen LogP contribution in [0, 0.1) is 0 Å². The minimum atomic E-state index is -0.284. The van der Waals surface area contributed by atoms with Crippen LogP contribution in [0.25, 0.3) is 5.65 Å². The van der Waals surface area contributed by atoms with Gasteiger partial charge in [-0.3, -0.25) is 0 Å². The Balaban J connectivity index is 2.12. The van der Waals surface area contributed by atoms with Crippen LogP contribution in [0.1, 0.15) is 5.69 Å². The molecule has 0 saturated carbocycles. The Hall–Kier alpha value is -1.93.